The molecule has 0 spiro atoms. The number of carbonyl (C=O) groups is 1. The van der Waals surface area contributed by atoms with Crippen molar-refractivity contribution in [1.82, 2.24) is 4.98 Å². The van der Waals surface area contributed by atoms with Gasteiger partial charge >= 0.3 is 12.3 Å². The molecule has 0 aromatic carbocycles. The molecule has 0 bridgehead atoms. The molecule has 1 rings (SSSR count). The molecule has 0 atom stereocenters. The Labute approximate surface area is 131 Å². The van der Waals surface area contributed by atoms with Crippen molar-refractivity contribution >= 4 is 40.2 Å². The highest BCUT2D eigenvalue weighted by atomic mass is 127. The Morgan fingerprint density at radius 2 is 2.15 bits per heavy atom. The highest BCUT2D eigenvalue weighted by Crippen LogP contribution is 2.29. The van der Waals surface area contributed by atoms with E-state index in [1.165, 1.54) is 0 Å². The first-order chi connectivity index (χ1) is 9.26. The highest BCUT2D eigenvalue weighted by Gasteiger charge is 2.33. The summed E-state index contributed by atoms with van der Waals surface area (Å²) in [6.07, 6.45) is -5.28. The second-order valence-electron chi connectivity index (χ2n) is 3.55. The van der Waals surface area contributed by atoms with Gasteiger partial charge in [-0.3, -0.25) is 4.79 Å². The van der Waals surface area contributed by atoms with Crippen molar-refractivity contribution in [3.63, 3.8) is 0 Å². The predicted molar refractivity (Wildman–Crippen MR) is 73.5 cm³/mol. The summed E-state index contributed by atoms with van der Waals surface area (Å²) < 4.78 is 46.0. The van der Waals surface area contributed by atoms with E-state index in [2.05, 4.69) is 14.5 Å². The first-order valence-electron chi connectivity index (χ1n) is 5.42. The lowest BCUT2D eigenvalue weighted by molar-refractivity contribution is -0.275. The Morgan fingerprint density at radius 3 is 2.65 bits per heavy atom. The Hall–Kier alpha value is -0.770. The summed E-state index contributed by atoms with van der Waals surface area (Å²) in [7, 11) is 0. The number of nitrogens with zero attached hydrogens (tertiary/aromatic N) is 1. The van der Waals surface area contributed by atoms with Gasteiger partial charge in [0.25, 0.3) is 0 Å². The molecule has 1 aromatic heterocycles. The van der Waals surface area contributed by atoms with Gasteiger partial charge in [-0.15, -0.1) is 24.8 Å². The van der Waals surface area contributed by atoms with Gasteiger partial charge in [0, 0.05) is 5.56 Å². The molecule has 0 saturated carbocycles. The molecule has 0 amide bonds. The fourth-order valence-electron chi connectivity index (χ4n) is 1.33. The predicted octanol–water partition coefficient (Wildman–Crippen LogP) is 3.43. The van der Waals surface area contributed by atoms with Crippen LogP contribution >= 0.6 is 34.2 Å². The molecule has 0 aliphatic rings. The molecule has 0 fully saturated rings. The maximum absolute atomic E-state index is 12.3. The van der Waals surface area contributed by atoms with E-state index in [1.807, 2.05) is 22.6 Å². The van der Waals surface area contributed by atoms with Crippen LogP contribution in [0.2, 0.25) is 0 Å². The number of alkyl halides is 4. The van der Waals surface area contributed by atoms with Crippen LogP contribution in [0.3, 0.4) is 0 Å². The number of esters is 1. The standard InChI is InChI=1S/C11H10ClF3INO3/c1-2-19-9(18)4-7-8(20-11(13,14)15)3-6(5-12)10(16)17-7/h3H,2,4-5H2,1H3. The van der Waals surface area contributed by atoms with Crippen molar-refractivity contribution in [2.24, 2.45) is 0 Å². The number of pyridine rings is 1. The van der Waals surface area contributed by atoms with E-state index in [4.69, 9.17) is 11.6 Å². The SMILES string of the molecule is CCOC(=O)Cc1nc(I)c(CCl)cc1OC(F)(F)F. The van der Waals surface area contributed by atoms with Gasteiger partial charge < -0.3 is 9.47 Å². The largest absolute Gasteiger partial charge is 0.573 e. The maximum atomic E-state index is 12.3. The molecule has 0 unspecified atom stereocenters. The fourth-order valence-corrected chi connectivity index (χ4v) is 2.40. The molecule has 20 heavy (non-hydrogen) atoms. The van der Waals surface area contributed by atoms with Gasteiger partial charge in [-0.1, -0.05) is 0 Å². The Kier molecular flexibility index (Phi) is 6.31. The van der Waals surface area contributed by atoms with Gasteiger partial charge in [0.15, 0.2) is 5.75 Å². The van der Waals surface area contributed by atoms with Crippen LogP contribution in [0.15, 0.2) is 6.07 Å². The topological polar surface area (TPSA) is 48.4 Å². The minimum Gasteiger partial charge on any atom is -0.466 e. The fraction of sp³-hybridized carbons (Fsp3) is 0.455. The zero-order valence-corrected chi connectivity index (χ0v) is 13.2. The normalized spacial score (nSPS) is 11.3. The summed E-state index contributed by atoms with van der Waals surface area (Å²) in [5.74, 6) is -1.23. The molecule has 112 valence electrons. The van der Waals surface area contributed by atoms with Crippen LogP contribution < -0.4 is 4.74 Å². The number of rotatable bonds is 5. The smallest absolute Gasteiger partial charge is 0.466 e. The van der Waals surface area contributed by atoms with E-state index in [0.29, 0.717) is 9.26 Å². The van der Waals surface area contributed by atoms with Crippen LogP contribution in [0, 0.1) is 3.70 Å². The van der Waals surface area contributed by atoms with Crippen molar-refractivity contribution in [2.75, 3.05) is 6.61 Å². The first kappa shape index (κ1) is 17.3. The van der Waals surface area contributed by atoms with Crippen molar-refractivity contribution in [3.05, 3.63) is 21.0 Å². The molecule has 1 aromatic rings. The van der Waals surface area contributed by atoms with Gasteiger partial charge in [-0.05, 0) is 35.6 Å². The zero-order chi connectivity index (χ0) is 15.3. The quantitative estimate of drug-likeness (QED) is 0.315. The number of halogens is 5. The average Bonchev–Trinajstić information content (AvgIpc) is 2.31. The molecule has 0 N–H and O–H groups in total. The van der Waals surface area contributed by atoms with Crippen LogP contribution in [0.5, 0.6) is 5.75 Å². The minimum atomic E-state index is -4.87. The van der Waals surface area contributed by atoms with E-state index in [-0.39, 0.29) is 18.2 Å². The Balaban J connectivity index is 3.12. The molecule has 1 heterocycles. The molecule has 0 aliphatic heterocycles. The van der Waals surface area contributed by atoms with Gasteiger partial charge in [0.1, 0.15) is 3.70 Å². The molecule has 4 nitrogen and oxygen atoms in total. The lowest BCUT2D eigenvalue weighted by Crippen LogP contribution is -2.20. The summed E-state index contributed by atoms with van der Waals surface area (Å²) in [5, 5.41) is 0. The lowest BCUT2D eigenvalue weighted by Gasteiger charge is -2.14. The van der Waals surface area contributed by atoms with Crippen molar-refractivity contribution in [2.45, 2.75) is 25.6 Å². The second kappa shape index (κ2) is 7.30. The van der Waals surface area contributed by atoms with Crippen LogP contribution in [-0.4, -0.2) is 23.9 Å². The highest BCUT2D eigenvalue weighted by molar-refractivity contribution is 14.1. The molecular formula is C11H10ClF3INO3. The van der Waals surface area contributed by atoms with E-state index in [0.717, 1.165) is 6.07 Å². The first-order valence-corrected chi connectivity index (χ1v) is 7.03. The second-order valence-corrected chi connectivity index (χ2v) is 4.84. The third-order valence-corrected chi connectivity index (χ3v) is 3.30. The van der Waals surface area contributed by atoms with Crippen LogP contribution in [0.1, 0.15) is 18.2 Å². The van der Waals surface area contributed by atoms with Crippen LogP contribution in [0.4, 0.5) is 13.2 Å². The van der Waals surface area contributed by atoms with E-state index >= 15 is 0 Å². The minimum absolute atomic E-state index is 0.0147. The molecule has 9 heteroatoms. The van der Waals surface area contributed by atoms with E-state index in [1.54, 1.807) is 6.92 Å². The average molecular weight is 424 g/mol. The maximum Gasteiger partial charge on any atom is 0.573 e. The zero-order valence-electron chi connectivity index (χ0n) is 10.3. The number of hydrogen-bond donors (Lipinski definition) is 0. The Bertz CT molecular complexity index is 497. The van der Waals surface area contributed by atoms with Crippen molar-refractivity contribution in [1.29, 1.82) is 0 Å². The van der Waals surface area contributed by atoms with Gasteiger partial charge in [-0.2, -0.15) is 0 Å². The number of hydrogen-bond acceptors (Lipinski definition) is 4. The Morgan fingerprint density at radius 1 is 1.50 bits per heavy atom. The van der Waals surface area contributed by atoms with Gasteiger partial charge in [-0.25, -0.2) is 4.98 Å². The monoisotopic (exact) mass is 423 g/mol. The summed E-state index contributed by atoms with van der Waals surface area (Å²) >= 11 is 7.43. The van der Waals surface area contributed by atoms with Crippen LogP contribution in [0.25, 0.3) is 0 Å². The molecular weight excluding hydrogens is 413 g/mol. The third-order valence-electron chi connectivity index (χ3n) is 2.07. The summed E-state index contributed by atoms with van der Waals surface area (Å²) in [6, 6.07) is 1.13. The van der Waals surface area contributed by atoms with E-state index in [9.17, 15) is 18.0 Å². The summed E-state index contributed by atoms with van der Waals surface area (Å²) in [6.45, 7) is 1.73. The number of aromatic nitrogens is 1. The lowest BCUT2D eigenvalue weighted by atomic mass is 10.2. The molecule has 0 aliphatic carbocycles. The number of ether oxygens (including phenoxy) is 2. The molecule has 0 saturated heterocycles. The van der Waals surface area contributed by atoms with E-state index < -0.39 is 24.5 Å². The van der Waals surface area contributed by atoms with Gasteiger partial charge in [0.2, 0.25) is 0 Å². The van der Waals surface area contributed by atoms with Crippen molar-refractivity contribution < 1.29 is 27.4 Å². The number of carbonyl (C=O) groups excluding carboxylic acids is 1. The van der Waals surface area contributed by atoms with Gasteiger partial charge in [0.05, 0.1) is 24.6 Å². The summed E-state index contributed by atoms with van der Waals surface area (Å²) in [4.78, 5) is 15.3. The summed E-state index contributed by atoms with van der Waals surface area (Å²) in [5.41, 5.74) is 0.248. The van der Waals surface area contributed by atoms with Crippen LogP contribution in [-0.2, 0) is 21.8 Å². The molecule has 0 radical (unpaired) electrons. The van der Waals surface area contributed by atoms with Crippen molar-refractivity contribution in [3.8, 4) is 5.75 Å². The third kappa shape index (κ3) is 5.31.